The molecule has 2 aromatic heterocycles. The van der Waals surface area contributed by atoms with Gasteiger partial charge in [-0.2, -0.15) is 9.61 Å². The second kappa shape index (κ2) is 9.92. The molecule has 4 rings (SSSR count). The first-order chi connectivity index (χ1) is 17.1. The van der Waals surface area contributed by atoms with E-state index < -0.39 is 23.3 Å². The van der Waals surface area contributed by atoms with Gasteiger partial charge in [0.25, 0.3) is 5.91 Å². The number of amides is 3. The van der Waals surface area contributed by atoms with E-state index in [4.69, 9.17) is 0 Å². The van der Waals surface area contributed by atoms with Crippen molar-refractivity contribution >= 4 is 29.4 Å². The molecule has 0 aliphatic heterocycles. The van der Waals surface area contributed by atoms with E-state index in [2.05, 4.69) is 26.0 Å². The lowest BCUT2D eigenvalue weighted by Gasteiger charge is -2.40. The minimum absolute atomic E-state index is 0.0904. The van der Waals surface area contributed by atoms with Crippen molar-refractivity contribution in [2.24, 2.45) is 10.8 Å². The summed E-state index contributed by atoms with van der Waals surface area (Å²) in [7, 11) is 0. The third kappa shape index (κ3) is 5.61. The smallest absolute Gasteiger partial charge is 0.320 e. The molecule has 0 saturated heterocycles. The van der Waals surface area contributed by atoms with Crippen LogP contribution in [0, 0.1) is 16.6 Å². The van der Waals surface area contributed by atoms with Crippen LogP contribution in [0.25, 0.3) is 5.65 Å². The molecule has 1 aromatic carbocycles. The number of carboxylic acid groups (broad SMARTS) is 1. The predicted molar refractivity (Wildman–Crippen MR) is 130 cm³/mol. The van der Waals surface area contributed by atoms with Crippen LogP contribution >= 0.6 is 0 Å². The number of aliphatic carboxylic acids is 1. The van der Waals surface area contributed by atoms with Gasteiger partial charge < -0.3 is 15.7 Å². The Balaban J connectivity index is 1.39. The second-order valence-electron chi connectivity index (χ2n) is 9.92. The predicted octanol–water partition coefficient (Wildman–Crippen LogP) is 3.59. The molecule has 0 spiro atoms. The van der Waals surface area contributed by atoms with E-state index >= 15 is 0 Å². The minimum Gasteiger partial charge on any atom is -0.481 e. The van der Waals surface area contributed by atoms with Gasteiger partial charge in [0.05, 0.1) is 11.6 Å². The van der Waals surface area contributed by atoms with Crippen LogP contribution in [0.1, 0.15) is 55.6 Å². The highest BCUT2D eigenvalue weighted by molar-refractivity contribution is 5.95. The molecule has 2 heterocycles. The van der Waals surface area contributed by atoms with Crippen molar-refractivity contribution in [3.63, 3.8) is 0 Å². The number of hydrogen-bond acceptors (Lipinski definition) is 5. The van der Waals surface area contributed by atoms with Gasteiger partial charge in [-0.3, -0.25) is 14.9 Å². The number of benzene rings is 1. The van der Waals surface area contributed by atoms with Crippen molar-refractivity contribution in [3.05, 3.63) is 59.7 Å². The van der Waals surface area contributed by atoms with Crippen LogP contribution in [-0.4, -0.2) is 44.2 Å². The number of carbonyl (C=O) groups is 3. The molecule has 1 fully saturated rings. The first kappa shape index (κ1) is 25.1. The first-order valence-corrected chi connectivity index (χ1v) is 11.7. The van der Waals surface area contributed by atoms with Gasteiger partial charge in [0.15, 0.2) is 5.65 Å². The number of halogens is 1. The number of nitrogens with zero attached hydrogens (tertiary/aromatic N) is 3. The Hall–Kier alpha value is -4.02. The molecule has 0 unspecified atom stereocenters. The van der Waals surface area contributed by atoms with Gasteiger partial charge in [-0.1, -0.05) is 19.1 Å². The largest absolute Gasteiger partial charge is 0.481 e. The Morgan fingerprint density at radius 3 is 2.42 bits per heavy atom. The second-order valence-corrected chi connectivity index (χ2v) is 9.92. The Kier molecular flexibility index (Phi) is 6.91. The average Bonchev–Trinajstić information content (AvgIpc) is 3.33. The van der Waals surface area contributed by atoms with E-state index in [1.165, 1.54) is 28.9 Å². The number of fused-ring (bicyclic) bond motifs is 1. The summed E-state index contributed by atoms with van der Waals surface area (Å²) in [6, 6.07) is 8.37. The van der Waals surface area contributed by atoms with Gasteiger partial charge in [-0.15, -0.1) is 0 Å². The molecule has 0 bridgehead atoms. The van der Waals surface area contributed by atoms with Crippen molar-refractivity contribution in [1.82, 2.24) is 25.2 Å². The maximum absolute atomic E-state index is 13.1. The maximum atomic E-state index is 13.1. The van der Waals surface area contributed by atoms with Gasteiger partial charge in [0, 0.05) is 25.2 Å². The van der Waals surface area contributed by atoms with Crippen LogP contribution in [0.3, 0.4) is 0 Å². The minimum atomic E-state index is -0.784. The number of hydrogen-bond donors (Lipinski definition) is 4. The number of rotatable bonds is 7. The molecule has 11 heteroatoms. The van der Waals surface area contributed by atoms with Crippen LogP contribution < -0.4 is 16.0 Å². The molecule has 0 atom stereocenters. The van der Waals surface area contributed by atoms with Crippen LogP contribution in [0.4, 0.5) is 15.0 Å². The Morgan fingerprint density at radius 1 is 1.06 bits per heavy atom. The van der Waals surface area contributed by atoms with E-state index in [-0.39, 0.29) is 29.3 Å². The highest BCUT2D eigenvalue weighted by Crippen LogP contribution is 2.44. The summed E-state index contributed by atoms with van der Waals surface area (Å²) in [6.07, 6.45) is 3.99. The molecule has 1 aliphatic carbocycles. The average molecular weight is 497 g/mol. The molecule has 3 aromatic rings. The molecule has 10 nitrogen and oxygen atoms in total. The monoisotopic (exact) mass is 496 g/mol. The van der Waals surface area contributed by atoms with Crippen LogP contribution in [0.2, 0.25) is 0 Å². The Bertz CT molecular complexity index is 1280. The molecular formula is C25H29FN6O4. The summed E-state index contributed by atoms with van der Waals surface area (Å²) in [5.41, 5.74) is 0.266. The topological polar surface area (TPSA) is 138 Å². The number of aromatic nitrogens is 3. The SMILES string of the molecule is CC1(CNC(=O)Nc2cc(C(=O)NCc3ccc(F)cc3)nc3ccnn23)CCC(C)(C(=O)O)CC1. The van der Waals surface area contributed by atoms with Gasteiger partial charge in [0.1, 0.15) is 17.3 Å². The first-order valence-electron chi connectivity index (χ1n) is 11.7. The van der Waals surface area contributed by atoms with Gasteiger partial charge in [-0.05, 0) is 55.7 Å². The third-order valence-electron chi connectivity index (χ3n) is 6.95. The van der Waals surface area contributed by atoms with Crippen LogP contribution in [0.5, 0.6) is 0 Å². The number of urea groups is 1. The lowest BCUT2D eigenvalue weighted by atomic mass is 9.65. The van der Waals surface area contributed by atoms with Crippen LogP contribution in [0.15, 0.2) is 42.6 Å². The summed E-state index contributed by atoms with van der Waals surface area (Å²) in [5, 5.41) is 21.9. The Morgan fingerprint density at radius 2 is 1.75 bits per heavy atom. The standard InChI is InChI=1S/C25H29FN6O4/c1-24(8-10-25(2,11-9-24)22(34)35)15-28-23(36)31-20-13-18(30-19-7-12-29-32(19)20)21(33)27-14-16-3-5-17(26)6-4-16/h3-7,12-13H,8-11,14-15H2,1-2H3,(H,27,33)(H,34,35)(H2,28,31,36). The summed E-state index contributed by atoms with van der Waals surface area (Å²) in [6.45, 7) is 4.37. The summed E-state index contributed by atoms with van der Waals surface area (Å²) < 4.78 is 14.5. The summed E-state index contributed by atoms with van der Waals surface area (Å²) in [4.78, 5) is 41.2. The number of anilines is 1. The molecule has 3 amide bonds. The van der Waals surface area contributed by atoms with Crippen molar-refractivity contribution in [1.29, 1.82) is 0 Å². The summed E-state index contributed by atoms with van der Waals surface area (Å²) >= 11 is 0. The van der Waals surface area contributed by atoms with Gasteiger partial charge in [0.2, 0.25) is 0 Å². The molecular weight excluding hydrogens is 467 g/mol. The fourth-order valence-corrected chi connectivity index (χ4v) is 4.24. The van der Waals surface area contributed by atoms with Crippen LogP contribution in [-0.2, 0) is 11.3 Å². The molecule has 36 heavy (non-hydrogen) atoms. The third-order valence-corrected chi connectivity index (χ3v) is 6.95. The lowest BCUT2D eigenvalue weighted by molar-refractivity contribution is -0.151. The molecule has 1 saturated carbocycles. The molecule has 4 N–H and O–H groups in total. The highest BCUT2D eigenvalue weighted by atomic mass is 19.1. The molecule has 0 radical (unpaired) electrons. The highest BCUT2D eigenvalue weighted by Gasteiger charge is 2.42. The van der Waals surface area contributed by atoms with Crippen molar-refractivity contribution in [3.8, 4) is 0 Å². The van der Waals surface area contributed by atoms with E-state index in [0.29, 0.717) is 37.9 Å². The number of carboxylic acids is 1. The molecule has 190 valence electrons. The molecule has 1 aliphatic rings. The quantitative estimate of drug-likeness (QED) is 0.394. The van der Waals surface area contributed by atoms with E-state index in [1.54, 1.807) is 25.1 Å². The van der Waals surface area contributed by atoms with E-state index in [9.17, 15) is 23.9 Å². The fraction of sp³-hybridized carbons (Fsp3) is 0.400. The van der Waals surface area contributed by atoms with Crippen molar-refractivity contribution < 1.29 is 23.9 Å². The van der Waals surface area contributed by atoms with Crippen molar-refractivity contribution in [2.45, 2.75) is 46.1 Å². The van der Waals surface area contributed by atoms with Gasteiger partial charge in [-0.25, -0.2) is 14.2 Å². The summed E-state index contributed by atoms with van der Waals surface area (Å²) in [5.74, 6) is -1.33. The zero-order valence-corrected chi connectivity index (χ0v) is 20.2. The Labute approximate surface area is 207 Å². The lowest BCUT2D eigenvalue weighted by Crippen LogP contribution is -2.43. The van der Waals surface area contributed by atoms with Crippen molar-refractivity contribution in [2.75, 3.05) is 11.9 Å². The normalized spacial score (nSPS) is 21.6. The maximum Gasteiger partial charge on any atom is 0.320 e. The van der Waals surface area contributed by atoms with Gasteiger partial charge >= 0.3 is 12.0 Å². The number of nitrogens with one attached hydrogen (secondary N) is 3. The van der Waals surface area contributed by atoms with E-state index in [0.717, 1.165) is 5.56 Å². The van der Waals surface area contributed by atoms with E-state index in [1.807, 2.05) is 6.92 Å². The zero-order valence-electron chi connectivity index (χ0n) is 20.2. The zero-order chi connectivity index (χ0) is 25.9. The fourth-order valence-electron chi connectivity index (χ4n) is 4.24. The number of carbonyl (C=O) groups excluding carboxylic acids is 2.